The number of ether oxygens (including phenoxy) is 1. The predicted octanol–water partition coefficient (Wildman–Crippen LogP) is 3.77. The highest BCUT2D eigenvalue weighted by Gasteiger charge is 2.30. The van der Waals surface area contributed by atoms with Crippen molar-refractivity contribution >= 4 is 23.7 Å². The number of aliphatic imine (C=N–C) groups is 1. The summed E-state index contributed by atoms with van der Waals surface area (Å²) < 4.78 is 7.63. The van der Waals surface area contributed by atoms with Crippen LogP contribution in [0.25, 0.3) is 16.9 Å². The molecule has 4 aromatic rings. The summed E-state index contributed by atoms with van der Waals surface area (Å²) in [6, 6.07) is 17.5. The Labute approximate surface area is 185 Å². The lowest BCUT2D eigenvalue weighted by molar-refractivity contribution is -0.117. The third kappa shape index (κ3) is 4.34. The first kappa shape index (κ1) is 19.9. The molecule has 0 radical (unpaired) electrons. The zero-order valence-corrected chi connectivity index (χ0v) is 17.6. The lowest BCUT2D eigenvalue weighted by Crippen LogP contribution is -2.14. The summed E-state index contributed by atoms with van der Waals surface area (Å²) in [5, 5.41) is 7.29. The largest absolute Gasteiger partial charge is 0.489 e. The molecule has 32 heavy (non-hydrogen) atoms. The third-order valence-corrected chi connectivity index (χ3v) is 5.21. The van der Waals surface area contributed by atoms with Gasteiger partial charge in [0.2, 0.25) is 11.9 Å². The van der Waals surface area contributed by atoms with E-state index in [9.17, 15) is 4.79 Å². The van der Waals surface area contributed by atoms with E-state index in [4.69, 9.17) is 4.74 Å². The minimum Gasteiger partial charge on any atom is -0.489 e. The molecule has 3 aromatic heterocycles. The van der Waals surface area contributed by atoms with Gasteiger partial charge in [-0.15, -0.1) is 5.10 Å². The Balaban J connectivity index is 1.29. The van der Waals surface area contributed by atoms with Gasteiger partial charge in [-0.2, -0.15) is 4.98 Å². The van der Waals surface area contributed by atoms with Crippen LogP contribution in [0.5, 0.6) is 5.75 Å². The molecule has 1 aliphatic rings. The van der Waals surface area contributed by atoms with Crippen molar-refractivity contribution in [1.29, 1.82) is 0 Å². The third-order valence-electron chi connectivity index (χ3n) is 5.21. The van der Waals surface area contributed by atoms with E-state index in [-0.39, 0.29) is 11.8 Å². The molecular weight excluding hydrogens is 404 g/mol. The normalized spacial score (nSPS) is 13.5. The molecule has 5 rings (SSSR count). The second kappa shape index (κ2) is 8.58. The van der Waals surface area contributed by atoms with Gasteiger partial charge in [0.25, 0.3) is 0 Å². The van der Waals surface area contributed by atoms with E-state index in [2.05, 4.69) is 25.4 Å². The smallest absolute Gasteiger partial charge is 0.249 e. The van der Waals surface area contributed by atoms with Crippen molar-refractivity contribution < 1.29 is 9.53 Å². The molecule has 0 saturated heterocycles. The lowest BCUT2D eigenvalue weighted by Gasteiger charge is -2.08. The van der Waals surface area contributed by atoms with E-state index in [0.29, 0.717) is 18.2 Å². The summed E-state index contributed by atoms with van der Waals surface area (Å²) in [6.45, 7) is 0.429. The van der Waals surface area contributed by atoms with Gasteiger partial charge in [0.15, 0.2) is 5.65 Å². The highest BCUT2D eigenvalue weighted by Crippen LogP contribution is 2.30. The summed E-state index contributed by atoms with van der Waals surface area (Å²) in [5.74, 6) is 1.19. The quantitative estimate of drug-likeness (QED) is 0.454. The summed E-state index contributed by atoms with van der Waals surface area (Å²) in [7, 11) is 1.72. The van der Waals surface area contributed by atoms with Crippen LogP contribution in [0.1, 0.15) is 24.1 Å². The van der Waals surface area contributed by atoms with Gasteiger partial charge in [0, 0.05) is 36.5 Å². The number of pyridine rings is 2. The molecule has 0 unspecified atom stereocenters. The maximum absolute atomic E-state index is 12.0. The number of hydrogen-bond acceptors (Lipinski definition) is 6. The van der Waals surface area contributed by atoms with Crippen LogP contribution in [0.2, 0.25) is 0 Å². The number of rotatable bonds is 7. The molecule has 8 nitrogen and oxygen atoms in total. The monoisotopic (exact) mass is 426 g/mol. The van der Waals surface area contributed by atoms with Crippen LogP contribution in [0.3, 0.4) is 0 Å². The first-order valence-corrected chi connectivity index (χ1v) is 10.5. The maximum atomic E-state index is 12.0. The van der Waals surface area contributed by atoms with Gasteiger partial charge in [-0.1, -0.05) is 12.1 Å². The zero-order valence-electron chi connectivity index (χ0n) is 17.6. The number of fused-ring (bicyclic) bond motifs is 1. The molecular formula is C24H22N6O2. The number of amides is 1. The van der Waals surface area contributed by atoms with Crippen LogP contribution < -0.4 is 10.1 Å². The van der Waals surface area contributed by atoms with Crippen molar-refractivity contribution in [3.8, 4) is 17.0 Å². The molecule has 1 fully saturated rings. The molecule has 160 valence electrons. The van der Waals surface area contributed by atoms with Gasteiger partial charge in [-0.3, -0.25) is 20.1 Å². The fourth-order valence-electron chi connectivity index (χ4n) is 3.35. The summed E-state index contributed by atoms with van der Waals surface area (Å²) in [4.78, 5) is 24.7. The minimum atomic E-state index is -0.00714. The number of carbonyl (C=O) groups is 1. The summed E-state index contributed by atoms with van der Waals surface area (Å²) in [5.41, 5.74) is 4.33. The van der Waals surface area contributed by atoms with Gasteiger partial charge in [-0.05, 0) is 55.3 Å². The number of benzene rings is 1. The number of aromatic nitrogens is 4. The Morgan fingerprint density at radius 3 is 2.75 bits per heavy atom. The first-order chi connectivity index (χ1) is 15.7. The second-order valence-corrected chi connectivity index (χ2v) is 7.67. The SMILES string of the molecule is C/N=C\c1ccc(COc2ccc(-c3cccc4nc(NC(=O)C5CC5)nn34)cc2)cn1. The Morgan fingerprint density at radius 2 is 2.03 bits per heavy atom. The van der Waals surface area contributed by atoms with Crippen LogP contribution in [0.4, 0.5) is 5.95 Å². The van der Waals surface area contributed by atoms with Crippen LogP contribution in [0.15, 0.2) is 65.8 Å². The number of hydrogen-bond donors (Lipinski definition) is 1. The van der Waals surface area contributed by atoms with Gasteiger partial charge in [0.1, 0.15) is 12.4 Å². The van der Waals surface area contributed by atoms with Gasteiger partial charge < -0.3 is 4.74 Å². The van der Waals surface area contributed by atoms with Crippen molar-refractivity contribution in [2.24, 2.45) is 10.9 Å². The van der Waals surface area contributed by atoms with Crippen molar-refractivity contribution in [3.05, 3.63) is 72.1 Å². The Morgan fingerprint density at radius 1 is 1.19 bits per heavy atom. The molecule has 1 saturated carbocycles. The van der Waals surface area contributed by atoms with E-state index >= 15 is 0 Å². The van der Waals surface area contributed by atoms with Crippen LogP contribution in [0, 0.1) is 5.92 Å². The molecule has 3 heterocycles. The fraction of sp³-hybridized carbons (Fsp3) is 0.208. The van der Waals surface area contributed by atoms with Crippen LogP contribution in [-0.4, -0.2) is 38.8 Å². The topological polar surface area (TPSA) is 93.8 Å². The van der Waals surface area contributed by atoms with Gasteiger partial charge in [0.05, 0.1) is 11.4 Å². The van der Waals surface area contributed by atoms with Crippen molar-refractivity contribution in [3.63, 3.8) is 0 Å². The number of nitrogens with one attached hydrogen (secondary N) is 1. The molecule has 8 heteroatoms. The molecule has 1 aromatic carbocycles. The molecule has 1 aliphatic carbocycles. The van der Waals surface area contributed by atoms with Gasteiger partial charge >= 0.3 is 0 Å². The molecule has 0 aliphatic heterocycles. The second-order valence-electron chi connectivity index (χ2n) is 7.67. The van der Waals surface area contributed by atoms with E-state index in [1.54, 1.807) is 24.0 Å². The first-order valence-electron chi connectivity index (χ1n) is 10.5. The highest BCUT2D eigenvalue weighted by molar-refractivity contribution is 5.92. The Hall–Kier alpha value is -4.07. The molecule has 0 spiro atoms. The fourth-order valence-corrected chi connectivity index (χ4v) is 3.35. The lowest BCUT2D eigenvalue weighted by atomic mass is 10.1. The van der Waals surface area contributed by atoms with Crippen molar-refractivity contribution in [1.82, 2.24) is 19.6 Å². The predicted molar refractivity (Wildman–Crippen MR) is 122 cm³/mol. The average Bonchev–Trinajstić information content (AvgIpc) is 3.59. The van der Waals surface area contributed by atoms with Crippen molar-refractivity contribution in [2.75, 3.05) is 12.4 Å². The molecule has 0 bridgehead atoms. The van der Waals surface area contributed by atoms with Gasteiger partial charge in [-0.25, -0.2) is 4.52 Å². The molecule has 1 N–H and O–H groups in total. The maximum Gasteiger partial charge on any atom is 0.249 e. The minimum absolute atomic E-state index is 0.00714. The van der Waals surface area contributed by atoms with E-state index < -0.39 is 0 Å². The standard InChI is InChI=1S/C24H22N6O2/c1-25-14-19-10-5-16(13-26-19)15-32-20-11-8-17(9-12-20)21-3-2-4-22-27-24(29-30(21)22)28-23(31)18-6-7-18/h2-5,8-14,18H,6-7,15H2,1H3,(H,28,29,31)/b25-14-. The zero-order chi connectivity index (χ0) is 21.9. The van der Waals surface area contributed by atoms with Crippen LogP contribution >= 0.6 is 0 Å². The summed E-state index contributed by atoms with van der Waals surface area (Å²) >= 11 is 0. The highest BCUT2D eigenvalue weighted by atomic mass is 16.5. The van der Waals surface area contributed by atoms with Crippen molar-refractivity contribution in [2.45, 2.75) is 19.4 Å². The van der Waals surface area contributed by atoms with Crippen LogP contribution in [-0.2, 0) is 11.4 Å². The number of anilines is 1. The van der Waals surface area contributed by atoms with E-state index in [1.165, 1.54) is 0 Å². The summed E-state index contributed by atoms with van der Waals surface area (Å²) in [6.07, 6.45) is 5.38. The average molecular weight is 426 g/mol. The molecule has 1 amide bonds. The number of carbonyl (C=O) groups excluding carboxylic acids is 1. The molecule has 0 atom stereocenters. The van der Waals surface area contributed by atoms with E-state index in [1.807, 2.05) is 54.6 Å². The van der Waals surface area contributed by atoms with E-state index in [0.717, 1.165) is 41.1 Å². The Bertz CT molecular complexity index is 1270. The Kier molecular flexibility index (Phi) is 5.33. The number of nitrogens with zero attached hydrogens (tertiary/aromatic N) is 5.